The normalized spacial score (nSPS) is 18.2. The van der Waals surface area contributed by atoms with Gasteiger partial charge in [-0.3, -0.25) is 0 Å². The molecule has 0 aliphatic heterocycles. The van der Waals surface area contributed by atoms with Crippen LogP contribution in [0.15, 0.2) is 17.5 Å². The van der Waals surface area contributed by atoms with Crippen molar-refractivity contribution in [2.45, 2.75) is 38.8 Å². The SMILES string of the molecule is CCc1ccsc1CNC1CCc2sc(Cl)cc21. The fourth-order valence-corrected chi connectivity index (χ4v) is 4.88. The zero-order chi connectivity index (χ0) is 12.5. The van der Waals surface area contributed by atoms with Gasteiger partial charge in [0.25, 0.3) is 0 Å². The van der Waals surface area contributed by atoms with E-state index in [4.69, 9.17) is 11.6 Å². The van der Waals surface area contributed by atoms with E-state index in [0.717, 1.165) is 17.3 Å². The number of rotatable bonds is 4. The van der Waals surface area contributed by atoms with E-state index in [0.29, 0.717) is 6.04 Å². The van der Waals surface area contributed by atoms with Gasteiger partial charge in [-0.25, -0.2) is 0 Å². The first-order chi connectivity index (χ1) is 8.78. The molecule has 4 heteroatoms. The van der Waals surface area contributed by atoms with Crippen molar-refractivity contribution >= 4 is 34.3 Å². The van der Waals surface area contributed by atoms with E-state index in [1.807, 2.05) is 11.3 Å². The van der Waals surface area contributed by atoms with E-state index in [2.05, 4.69) is 29.8 Å². The van der Waals surface area contributed by atoms with Crippen LogP contribution in [-0.2, 0) is 19.4 Å². The fourth-order valence-electron chi connectivity index (χ4n) is 2.60. The zero-order valence-electron chi connectivity index (χ0n) is 10.3. The summed E-state index contributed by atoms with van der Waals surface area (Å²) < 4.78 is 0.928. The van der Waals surface area contributed by atoms with Gasteiger partial charge in [-0.15, -0.1) is 22.7 Å². The Morgan fingerprint density at radius 3 is 3.22 bits per heavy atom. The Morgan fingerprint density at radius 2 is 2.39 bits per heavy atom. The van der Waals surface area contributed by atoms with Crippen molar-refractivity contribution in [1.82, 2.24) is 5.32 Å². The molecular weight excluding hydrogens is 282 g/mol. The topological polar surface area (TPSA) is 12.0 Å². The van der Waals surface area contributed by atoms with Gasteiger partial charge in [-0.05, 0) is 47.9 Å². The van der Waals surface area contributed by atoms with Crippen LogP contribution in [0.25, 0.3) is 0 Å². The first-order valence-corrected chi connectivity index (χ1v) is 8.42. The van der Waals surface area contributed by atoms with E-state index in [-0.39, 0.29) is 0 Å². The van der Waals surface area contributed by atoms with Crippen LogP contribution in [0.3, 0.4) is 0 Å². The lowest BCUT2D eigenvalue weighted by atomic mass is 10.1. The van der Waals surface area contributed by atoms with Crippen molar-refractivity contribution < 1.29 is 0 Å². The predicted molar refractivity (Wildman–Crippen MR) is 80.9 cm³/mol. The second kappa shape index (κ2) is 5.33. The number of thiophene rings is 2. The van der Waals surface area contributed by atoms with Gasteiger partial charge in [-0.2, -0.15) is 0 Å². The summed E-state index contributed by atoms with van der Waals surface area (Å²) in [7, 11) is 0. The molecule has 3 rings (SSSR count). The lowest BCUT2D eigenvalue weighted by Gasteiger charge is -2.12. The maximum atomic E-state index is 6.08. The zero-order valence-corrected chi connectivity index (χ0v) is 12.7. The van der Waals surface area contributed by atoms with Crippen molar-refractivity contribution in [2.24, 2.45) is 0 Å². The van der Waals surface area contributed by atoms with Gasteiger partial charge in [0, 0.05) is 22.3 Å². The molecule has 1 atom stereocenters. The Kier molecular flexibility index (Phi) is 3.76. The molecule has 2 aromatic rings. The van der Waals surface area contributed by atoms with Crippen LogP contribution >= 0.6 is 34.3 Å². The van der Waals surface area contributed by atoms with Crippen LogP contribution in [0.2, 0.25) is 4.34 Å². The minimum absolute atomic E-state index is 0.496. The molecule has 1 nitrogen and oxygen atoms in total. The number of hydrogen-bond donors (Lipinski definition) is 1. The van der Waals surface area contributed by atoms with E-state index < -0.39 is 0 Å². The molecule has 0 fully saturated rings. The van der Waals surface area contributed by atoms with Crippen molar-refractivity contribution in [3.8, 4) is 0 Å². The Bertz CT molecular complexity index is 544. The van der Waals surface area contributed by atoms with Gasteiger partial charge in [0.05, 0.1) is 4.34 Å². The molecule has 1 N–H and O–H groups in total. The minimum Gasteiger partial charge on any atom is -0.305 e. The highest BCUT2D eigenvalue weighted by Crippen LogP contribution is 2.39. The van der Waals surface area contributed by atoms with E-state index in [1.54, 1.807) is 11.3 Å². The summed E-state index contributed by atoms with van der Waals surface area (Å²) >= 11 is 9.68. The number of halogens is 1. The van der Waals surface area contributed by atoms with Crippen LogP contribution in [-0.4, -0.2) is 0 Å². The molecule has 1 aliphatic rings. The van der Waals surface area contributed by atoms with Crippen LogP contribution in [0.4, 0.5) is 0 Å². The monoisotopic (exact) mass is 297 g/mol. The Morgan fingerprint density at radius 1 is 1.50 bits per heavy atom. The van der Waals surface area contributed by atoms with Crippen LogP contribution in [0.1, 0.15) is 40.3 Å². The van der Waals surface area contributed by atoms with Crippen LogP contribution < -0.4 is 5.32 Å². The summed E-state index contributed by atoms with van der Waals surface area (Å²) in [6.07, 6.45) is 3.52. The second-order valence-electron chi connectivity index (χ2n) is 4.62. The summed E-state index contributed by atoms with van der Waals surface area (Å²) in [6, 6.07) is 4.88. The van der Waals surface area contributed by atoms with Gasteiger partial charge < -0.3 is 5.32 Å². The molecular formula is C14H16ClNS2. The second-order valence-corrected chi connectivity index (χ2v) is 7.39. The highest BCUT2D eigenvalue weighted by molar-refractivity contribution is 7.16. The number of nitrogens with one attached hydrogen (secondary N) is 1. The fraction of sp³-hybridized carbons (Fsp3) is 0.429. The third-order valence-electron chi connectivity index (χ3n) is 3.57. The molecule has 2 aromatic heterocycles. The lowest BCUT2D eigenvalue weighted by Crippen LogP contribution is -2.18. The first kappa shape index (κ1) is 12.7. The summed E-state index contributed by atoms with van der Waals surface area (Å²) in [5.74, 6) is 0. The Hall–Kier alpha value is -0.350. The number of fused-ring (bicyclic) bond motifs is 1. The smallest absolute Gasteiger partial charge is 0.0934 e. The molecule has 0 aromatic carbocycles. The van der Waals surface area contributed by atoms with Gasteiger partial charge >= 0.3 is 0 Å². The summed E-state index contributed by atoms with van der Waals surface area (Å²) in [4.78, 5) is 2.95. The van der Waals surface area contributed by atoms with E-state index >= 15 is 0 Å². The standard InChI is InChI=1S/C14H16ClNS2/c1-2-9-5-6-17-13(9)8-16-11-3-4-12-10(11)7-14(15)18-12/h5-7,11,16H,2-4,8H2,1H3. The molecule has 0 spiro atoms. The van der Waals surface area contributed by atoms with Crippen molar-refractivity contribution in [3.05, 3.63) is 42.7 Å². The molecule has 18 heavy (non-hydrogen) atoms. The minimum atomic E-state index is 0.496. The molecule has 0 saturated heterocycles. The first-order valence-electron chi connectivity index (χ1n) is 6.34. The van der Waals surface area contributed by atoms with Crippen molar-refractivity contribution in [3.63, 3.8) is 0 Å². The third kappa shape index (κ3) is 2.37. The Balaban J connectivity index is 1.68. The molecule has 0 amide bonds. The lowest BCUT2D eigenvalue weighted by molar-refractivity contribution is 0.532. The summed E-state index contributed by atoms with van der Waals surface area (Å²) in [5, 5.41) is 5.88. The summed E-state index contributed by atoms with van der Waals surface area (Å²) in [5.41, 5.74) is 2.91. The quantitative estimate of drug-likeness (QED) is 0.854. The predicted octanol–water partition coefficient (Wildman–Crippen LogP) is 4.80. The van der Waals surface area contributed by atoms with Gasteiger partial charge in [-0.1, -0.05) is 18.5 Å². The molecule has 0 radical (unpaired) electrons. The van der Waals surface area contributed by atoms with E-state index in [1.165, 1.54) is 33.7 Å². The highest BCUT2D eigenvalue weighted by Gasteiger charge is 2.24. The molecule has 96 valence electrons. The average molecular weight is 298 g/mol. The van der Waals surface area contributed by atoms with Crippen LogP contribution in [0, 0.1) is 0 Å². The largest absolute Gasteiger partial charge is 0.305 e. The number of aryl methyl sites for hydroxylation is 2. The van der Waals surface area contributed by atoms with Gasteiger partial charge in [0.15, 0.2) is 0 Å². The summed E-state index contributed by atoms with van der Waals surface area (Å²) in [6.45, 7) is 3.20. The number of hydrogen-bond acceptors (Lipinski definition) is 3. The van der Waals surface area contributed by atoms with Crippen molar-refractivity contribution in [2.75, 3.05) is 0 Å². The highest BCUT2D eigenvalue weighted by atomic mass is 35.5. The van der Waals surface area contributed by atoms with Gasteiger partial charge in [0.2, 0.25) is 0 Å². The van der Waals surface area contributed by atoms with Crippen LogP contribution in [0.5, 0.6) is 0 Å². The maximum Gasteiger partial charge on any atom is 0.0934 e. The Labute approximate surface area is 121 Å². The molecule has 0 saturated carbocycles. The molecule has 0 bridgehead atoms. The van der Waals surface area contributed by atoms with Gasteiger partial charge in [0.1, 0.15) is 0 Å². The molecule has 2 heterocycles. The third-order valence-corrected chi connectivity index (χ3v) is 5.88. The molecule has 1 unspecified atom stereocenters. The van der Waals surface area contributed by atoms with Crippen molar-refractivity contribution in [1.29, 1.82) is 0 Å². The molecule has 1 aliphatic carbocycles. The average Bonchev–Trinajstić information content (AvgIpc) is 3.01. The maximum absolute atomic E-state index is 6.08. The van der Waals surface area contributed by atoms with E-state index in [9.17, 15) is 0 Å².